The van der Waals surface area contributed by atoms with Crippen LogP contribution in [0.3, 0.4) is 0 Å². The third kappa shape index (κ3) is 5.27. The Hall–Kier alpha value is -1.60. The standard InChI is InChI=1S/C12H18N2O4S/c1-2-8(10-4-3-7-19-10)14-12(18)13-6-5-9(15)11(16)17/h3-4,7-9,15H,2,5-6H2,1H3,(H,16,17)(H2,13,14,18)/t8?,9-/m0/s1. The summed E-state index contributed by atoms with van der Waals surface area (Å²) in [6.07, 6.45) is -0.691. The van der Waals surface area contributed by atoms with Gasteiger partial charge in [0.1, 0.15) is 0 Å². The minimum absolute atomic E-state index is 0.0153. The number of urea groups is 1. The number of carboxylic acid groups (broad SMARTS) is 1. The number of aliphatic hydroxyl groups is 1. The number of carbonyl (C=O) groups excluding carboxylic acids is 1. The quantitative estimate of drug-likeness (QED) is 0.608. The van der Waals surface area contributed by atoms with Crippen LogP contribution >= 0.6 is 11.3 Å². The molecule has 1 heterocycles. The third-order valence-corrected chi connectivity index (χ3v) is 3.57. The second kappa shape index (κ2) is 7.75. The predicted molar refractivity (Wildman–Crippen MR) is 72.1 cm³/mol. The van der Waals surface area contributed by atoms with Crippen LogP contribution in [0, 0.1) is 0 Å². The number of nitrogens with one attached hydrogen (secondary N) is 2. The van der Waals surface area contributed by atoms with E-state index in [1.54, 1.807) is 11.3 Å². The highest BCUT2D eigenvalue weighted by Gasteiger charge is 2.15. The molecule has 1 rings (SSSR count). The maximum Gasteiger partial charge on any atom is 0.332 e. The van der Waals surface area contributed by atoms with E-state index in [0.29, 0.717) is 0 Å². The molecule has 0 fully saturated rings. The van der Waals surface area contributed by atoms with Crippen molar-refractivity contribution in [3.05, 3.63) is 22.4 Å². The molecule has 7 heteroatoms. The van der Waals surface area contributed by atoms with E-state index in [2.05, 4.69) is 10.6 Å². The van der Waals surface area contributed by atoms with Gasteiger partial charge < -0.3 is 20.8 Å². The lowest BCUT2D eigenvalue weighted by molar-refractivity contribution is -0.146. The summed E-state index contributed by atoms with van der Waals surface area (Å²) < 4.78 is 0. The van der Waals surface area contributed by atoms with E-state index in [1.807, 2.05) is 24.4 Å². The molecule has 19 heavy (non-hydrogen) atoms. The van der Waals surface area contributed by atoms with Gasteiger partial charge in [-0.2, -0.15) is 0 Å². The van der Waals surface area contributed by atoms with Crippen molar-refractivity contribution in [2.24, 2.45) is 0 Å². The van der Waals surface area contributed by atoms with Gasteiger partial charge >= 0.3 is 12.0 Å². The summed E-state index contributed by atoms with van der Waals surface area (Å²) in [6.45, 7) is 2.08. The fourth-order valence-corrected chi connectivity index (χ4v) is 2.38. The first kappa shape index (κ1) is 15.5. The first-order valence-electron chi connectivity index (χ1n) is 6.03. The summed E-state index contributed by atoms with van der Waals surface area (Å²) >= 11 is 1.57. The molecule has 1 aromatic rings. The van der Waals surface area contributed by atoms with Crippen LogP contribution in [0.1, 0.15) is 30.7 Å². The molecule has 6 nitrogen and oxygen atoms in total. The topological polar surface area (TPSA) is 98.7 Å². The van der Waals surface area contributed by atoms with Crippen LogP contribution in [0.5, 0.6) is 0 Å². The van der Waals surface area contributed by atoms with Crippen LogP contribution in [0.2, 0.25) is 0 Å². The number of carbonyl (C=O) groups is 2. The highest BCUT2D eigenvalue weighted by Crippen LogP contribution is 2.21. The maximum atomic E-state index is 11.6. The van der Waals surface area contributed by atoms with E-state index in [4.69, 9.17) is 10.2 Å². The van der Waals surface area contributed by atoms with Crippen molar-refractivity contribution in [2.45, 2.75) is 31.9 Å². The van der Waals surface area contributed by atoms with Gasteiger partial charge in [-0.3, -0.25) is 0 Å². The normalized spacial score (nSPS) is 13.6. The Balaban J connectivity index is 2.32. The van der Waals surface area contributed by atoms with Gasteiger partial charge in [0.05, 0.1) is 6.04 Å². The molecule has 4 N–H and O–H groups in total. The molecule has 1 unspecified atom stereocenters. The van der Waals surface area contributed by atoms with E-state index in [9.17, 15) is 9.59 Å². The molecule has 2 amide bonds. The lowest BCUT2D eigenvalue weighted by atomic mass is 10.2. The number of carboxylic acids is 1. The zero-order chi connectivity index (χ0) is 14.3. The average Bonchev–Trinajstić information content (AvgIpc) is 2.89. The molecule has 0 saturated carbocycles. The van der Waals surface area contributed by atoms with Crippen LogP contribution in [0.15, 0.2) is 17.5 Å². The van der Waals surface area contributed by atoms with Crippen LogP contribution in [0.4, 0.5) is 4.79 Å². The Morgan fingerprint density at radius 2 is 2.21 bits per heavy atom. The number of thiophene rings is 1. The summed E-state index contributed by atoms with van der Waals surface area (Å²) in [5.41, 5.74) is 0. The van der Waals surface area contributed by atoms with Crippen molar-refractivity contribution in [3.63, 3.8) is 0 Å². The minimum atomic E-state index is -1.44. The number of rotatable bonds is 7. The minimum Gasteiger partial charge on any atom is -0.479 e. The zero-order valence-corrected chi connectivity index (χ0v) is 11.4. The first-order valence-corrected chi connectivity index (χ1v) is 6.91. The molecule has 1 aromatic heterocycles. The monoisotopic (exact) mass is 286 g/mol. The molecule has 0 aliphatic rings. The van der Waals surface area contributed by atoms with Crippen molar-refractivity contribution in [1.29, 1.82) is 0 Å². The number of hydrogen-bond donors (Lipinski definition) is 4. The van der Waals surface area contributed by atoms with Crippen molar-refractivity contribution >= 4 is 23.3 Å². The number of aliphatic hydroxyl groups excluding tert-OH is 1. The van der Waals surface area contributed by atoms with E-state index < -0.39 is 12.1 Å². The number of aliphatic carboxylic acids is 1. The van der Waals surface area contributed by atoms with Crippen molar-refractivity contribution in [1.82, 2.24) is 10.6 Å². The lowest BCUT2D eigenvalue weighted by Crippen LogP contribution is -2.39. The molecule has 0 saturated heterocycles. The second-order valence-corrected chi connectivity index (χ2v) is 5.00. The Morgan fingerprint density at radius 3 is 2.74 bits per heavy atom. The molecule has 0 aliphatic carbocycles. The van der Waals surface area contributed by atoms with Crippen molar-refractivity contribution in [3.8, 4) is 0 Å². The van der Waals surface area contributed by atoms with E-state index in [1.165, 1.54) is 0 Å². The van der Waals surface area contributed by atoms with Gasteiger partial charge in [-0.25, -0.2) is 9.59 Å². The molecule has 2 atom stereocenters. The van der Waals surface area contributed by atoms with Gasteiger partial charge in [0.2, 0.25) is 0 Å². The Bertz CT molecular complexity index is 408. The van der Waals surface area contributed by atoms with Gasteiger partial charge in [-0.1, -0.05) is 13.0 Å². The molecular formula is C12H18N2O4S. The van der Waals surface area contributed by atoms with Crippen molar-refractivity contribution in [2.75, 3.05) is 6.54 Å². The third-order valence-electron chi connectivity index (χ3n) is 2.59. The second-order valence-electron chi connectivity index (χ2n) is 4.02. The van der Waals surface area contributed by atoms with E-state index in [-0.39, 0.29) is 25.0 Å². The van der Waals surface area contributed by atoms with Gasteiger partial charge in [-0.05, 0) is 17.9 Å². The summed E-state index contributed by atoms with van der Waals surface area (Å²) in [6, 6.07) is 3.46. The average molecular weight is 286 g/mol. The van der Waals surface area contributed by atoms with E-state index in [0.717, 1.165) is 11.3 Å². The summed E-state index contributed by atoms with van der Waals surface area (Å²) in [5.74, 6) is -1.28. The van der Waals surface area contributed by atoms with Crippen LogP contribution in [0.25, 0.3) is 0 Å². The summed E-state index contributed by atoms with van der Waals surface area (Å²) in [5, 5.41) is 24.8. The summed E-state index contributed by atoms with van der Waals surface area (Å²) in [7, 11) is 0. The zero-order valence-electron chi connectivity index (χ0n) is 10.6. The molecule has 0 aliphatic heterocycles. The maximum absolute atomic E-state index is 11.6. The predicted octanol–water partition coefficient (Wildman–Crippen LogP) is 1.33. The Labute approximate surface area is 115 Å². The number of hydrogen-bond acceptors (Lipinski definition) is 4. The van der Waals surface area contributed by atoms with Gasteiger partial charge in [-0.15, -0.1) is 11.3 Å². The lowest BCUT2D eigenvalue weighted by Gasteiger charge is -2.16. The van der Waals surface area contributed by atoms with Gasteiger partial charge in [0.25, 0.3) is 0 Å². The molecule has 0 aromatic carbocycles. The molecule has 0 spiro atoms. The SMILES string of the molecule is CCC(NC(=O)NCC[C@H](O)C(=O)O)c1cccs1. The van der Waals surface area contributed by atoms with Crippen LogP contribution in [-0.2, 0) is 4.79 Å². The summed E-state index contributed by atoms with van der Waals surface area (Å²) in [4.78, 5) is 23.1. The fourth-order valence-electron chi connectivity index (χ4n) is 1.52. The van der Waals surface area contributed by atoms with Crippen LogP contribution in [-0.4, -0.2) is 34.9 Å². The largest absolute Gasteiger partial charge is 0.479 e. The first-order chi connectivity index (χ1) is 9.04. The molecule has 0 bridgehead atoms. The Kier molecular flexibility index (Phi) is 6.31. The molecule has 106 valence electrons. The molecular weight excluding hydrogens is 268 g/mol. The van der Waals surface area contributed by atoms with Gasteiger partial charge in [0, 0.05) is 17.8 Å². The number of amides is 2. The fraction of sp³-hybridized carbons (Fsp3) is 0.500. The van der Waals surface area contributed by atoms with Gasteiger partial charge in [0.15, 0.2) is 6.10 Å². The highest BCUT2D eigenvalue weighted by atomic mass is 32.1. The van der Waals surface area contributed by atoms with Crippen molar-refractivity contribution < 1.29 is 19.8 Å². The smallest absolute Gasteiger partial charge is 0.332 e. The van der Waals surface area contributed by atoms with Crippen LogP contribution < -0.4 is 10.6 Å². The molecule has 0 radical (unpaired) electrons. The Morgan fingerprint density at radius 1 is 1.47 bits per heavy atom. The highest BCUT2D eigenvalue weighted by molar-refractivity contribution is 7.10. The van der Waals surface area contributed by atoms with E-state index >= 15 is 0 Å².